The van der Waals surface area contributed by atoms with E-state index in [1.54, 1.807) is 24.3 Å². The quantitative estimate of drug-likeness (QED) is 0.794. The Morgan fingerprint density at radius 3 is 2.36 bits per heavy atom. The second-order valence-electron chi connectivity index (χ2n) is 4.71. The van der Waals surface area contributed by atoms with E-state index in [4.69, 9.17) is 5.11 Å². The molecule has 3 N–H and O–H groups in total. The average Bonchev–Trinajstić information content (AvgIpc) is 2.52. The molecule has 0 heterocycles. The molecule has 0 aliphatic rings. The van der Waals surface area contributed by atoms with E-state index in [2.05, 4.69) is 10.6 Å². The minimum absolute atomic E-state index is 0.0658. The summed E-state index contributed by atoms with van der Waals surface area (Å²) in [4.78, 5) is 11.6. The first-order valence-corrected chi connectivity index (χ1v) is 6.73. The van der Waals surface area contributed by atoms with Gasteiger partial charge in [0.2, 0.25) is 0 Å². The third-order valence-corrected chi connectivity index (χ3v) is 3.14. The van der Waals surface area contributed by atoms with E-state index in [9.17, 15) is 13.6 Å². The molecule has 2 aromatic carbocycles. The SMILES string of the molecule is O=C(NCc1ccc(CO)c(F)c1)NCc1ccccc1F. The average molecular weight is 306 g/mol. The molecule has 0 bridgehead atoms. The molecule has 0 spiro atoms. The number of aliphatic hydroxyl groups is 1. The number of urea groups is 1. The highest BCUT2D eigenvalue weighted by Gasteiger charge is 2.06. The van der Waals surface area contributed by atoms with Crippen LogP contribution in [0.4, 0.5) is 13.6 Å². The van der Waals surface area contributed by atoms with Gasteiger partial charge in [0.1, 0.15) is 11.6 Å². The fourth-order valence-corrected chi connectivity index (χ4v) is 1.89. The lowest BCUT2D eigenvalue weighted by Gasteiger charge is -2.09. The van der Waals surface area contributed by atoms with Gasteiger partial charge in [-0.2, -0.15) is 0 Å². The zero-order valence-corrected chi connectivity index (χ0v) is 11.8. The van der Waals surface area contributed by atoms with Gasteiger partial charge in [-0.05, 0) is 17.7 Å². The summed E-state index contributed by atoms with van der Waals surface area (Å²) in [6.07, 6.45) is 0. The van der Waals surface area contributed by atoms with Gasteiger partial charge in [0, 0.05) is 24.2 Å². The number of hydrogen-bond donors (Lipinski definition) is 3. The maximum absolute atomic E-state index is 13.5. The monoisotopic (exact) mass is 306 g/mol. The van der Waals surface area contributed by atoms with Gasteiger partial charge >= 0.3 is 6.03 Å². The van der Waals surface area contributed by atoms with Gasteiger partial charge in [0.05, 0.1) is 6.61 Å². The molecule has 0 saturated heterocycles. The summed E-state index contributed by atoms with van der Waals surface area (Å²) in [7, 11) is 0. The van der Waals surface area contributed by atoms with Gasteiger partial charge in [-0.15, -0.1) is 0 Å². The van der Waals surface area contributed by atoms with Crippen molar-refractivity contribution in [2.75, 3.05) is 0 Å². The molecular weight excluding hydrogens is 290 g/mol. The Kier molecular flexibility index (Phi) is 5.43. The van der Waals surface area contributed by atoms with Crippen molar-refractivity contribution in [2.24, 2.45) is 0 Å². The van der Waals surface area contributed by atoms with E-state index in [1.807, 2.05) is 0 Å². The zero-order chi connectivity index (χ0) is 15.9. The maximum atomic E-state index is 13.5. The summed E-state index contributed by atoms with van der Waals surface area (Å²) >= 11 is 0. The fraction of sp³-hybridized carbons (Fsp3) is 0.188. The van der Waals surface area contributed by atoms with Crippen LogP contribution >= 0.6 is 0 Å². The predicted molar refractivity (Wildman–Crippen MR) is 77.8 cm³/mol. The third kappa shape index (κ3) is 4.26. The van der Waals surface area contributed by atoms with Crippen LogP contribution in [0.3, 0.4) is 0 Å². The molecule has 0 aliphatic heterocycles. The summed E-state index contributed by atoms with van der Waals surface area (Å²) in [5.41, 5.74) is 1.15. The van der Waals surface area contributed by atoms with Crippen molar-refractivity contribution in [2.45, 2.75) is 19.7 Å². The predicted octanol–water partition coefficient (Wildman–Crippen LogP) is 2.46. The highest BCUT2D eigenvalue weighted by Crippen LogP contribution is 2.10. The summed E-state index contributed by atoms with van der Waals surface area (Å²) in [6, 6.07) is 10.0. The molecular formula is C16H16F2N2O2. The molecule has 0 saturated carbocycles. The number of benzene rings is 2. The van der Waals surface area contributed by atoms with E-state index < -0.39 is 11.8 Å². The van der Waals surface area contributed by atoms with Gasteiger partial charge in [0.25, 0.3) is 0 Å². The largest absolute Gasteiger partial charge is 0.392 e. The summed E-state index contributed by atoms with van der Waals surface area (Å²) in [5, 5.41) is 14.0. The summed E-state index contributed by atoms with van der Waals surface area (Å²) < 4.78 is 26.8. The van der Waals surface area contributed by atoms with Crippen LogP contribution in [0.1, 0.15) is 16.7 Å². The number of aliphatic hydroxyl groups excluding tert-OH is 1. The Labute approximate surface area is 126 Å². The Morgan fingerprint density at radius 1 is 0.955 bits per heavy atom. The van der Waals surface area contributed by atoms with E-state index in [1.165, 1.54) is 18.2 Å². The lowest BCUT2D eigenvalue weighted by molar-refractivity contribution is 0.240. The van der Waals surface area contributed by atoms with Crippen LogP contribution in [-0.2, 0) is 19.7 Å². The minimum atomic E-state index is -0.520. The van der Waals surface area contributed by atoms with Gasteiger partial charge in [-0.25, -0.2) is 13.6 Å². The fourth-order valence-electron chi connectivity index (χ4n) is 1.89. The molecule has 116 valence electrons. The van der Waals surface area contributed by atoms with E-state index in [-0.39, 0.29) is 31.1 Å². The maximum Gasteiger partial charge on any atom is 0.315 e. The van der Waals surface area contributed by atoms with Gasteiger partial charge in [0.15, 0.2) is 0 Å². The molecule has 4 nitrogen and oxygen atoms in total. The van der Waals surface area contributed by atoms with Crippen molar-refractivity contribution in [1.82, 2.24) is 10.6 Å². The first-order chi connectivity index (χ1) is 10.6. The van der Waals surface area contributed by atoms with Gasteiger partial charge in [-0.1, -0.05) is 30.3 Å². The molecule has 6 heteroatoms. The molecule has 0 aliphatic carbocycles. The van der Waals surface area contributed by atoms with Crippen molar-refractivity contribution in [3.8, 4) is 0 Å². The molecule has 0 atom stereocenters. The highest BCUT2D eigenvalue weighted by molar-refractivity contribution is 5.73. The Hall–Kier alpha value is -2.47. The molecule has 2 rings (SSSR count). The number of hydrogen-bond acceptors (Lipinski definition) is 2. The molecule has 2 aromatic rings. The molecule has 22 heavy (non-hydrogen) atoms. The smallest absolute Gasteiger partial charge is 0.315 e. The Balaban J connectivity index is 1.83. The van der Waals surface area contributed by atoms with Crippen LogP contribution in [0.5, 0.6) is 0 Å². The van der Waals surface area contributed by atoms with Crippen LogP contribution in [0.15, 0.2) is 42.5 Å². The minimum Gasteiger partial charge on any atom is -0.392 e. The van der Waals surface area contributed by atoms with Crippen LogP contribution in [0.25, 0.3) is 0 Å². The third-order valence-electron chi connectivity index (χ3n) is 3.14. The second-order valence-corrected chi connectivity index (χ2v) is 4.71. The van der Waals surface area contributed by atoms with Crippen molar-refractivity contribution >= 4 is 6.03 Å². The number of halogens is 2. The van der Waals surface area contributed by atoms with Gasteiger partial charge < -0.3 is 15.7 Å². The topological polar surface area (TPSA) is 61.4 Å². The number of carbonyl (C=O) groups is 1. The van der Waals surface area contributed by atoms with Crippen LogP contribution in [0, 0.1) is 11.6 Å². The number of rotatable bonds is 5. The van der Waals surface area contributed by atoms with Crippen LogP contribution < -0.4 is 10.6 Å². The van der Waals surface area contributed by atoms with Crippen molar-refractivity contribution in [3.63, 3.8) is 0 Å². The van der Waals surface area contributed by atoms with Crippen LogP contribution in [0.2, 0.25) is 0 Å². The summed E-state index contributed by atoms with van der Waals surface area (Å²) in [6.45, 7) is -0.176. The lowest BCUT2D eigenvalue weighted by Crippen LogP contribution is -2.34. The summed E-state index contributed by atoms with van der Waals surface area (Å²) in [5.74, 6) is -0.905. The van der Waals surface area contributed by atoms with E-state index in [0.29, 0.717) is 11.1 Å². The first kappa shape index (κ1) is 15.9. The highest BCUT2D eigenvalue weighted by atomic mass is 19.1. The molecule has 0 unspecified atom stereocenters. The number of carbonyl (C=O) groups excluding carboxylic acids is 1. The number of amides is 2. The first-order valence-electron chi connectivity index (χ1n) is 6.73. The van der Waals surface area contributed by atoms with Crippen molar-refractivity contribution in [3.05, 3.63) is 70.8 Å². The van der Waals surface area contributed by atoms with Crippen LogP contribution in [-0.4, -0.2) is 11.1 Å². The normalized spacial score (nSPS) is 10.3. The van der Waals surface area contributed by atoms with Crippen molar-refractivity contribution in [1.29, 1.82) is 0 Å². The van der Waals surface area contributed by atoms with E-state index >= 15 is 0 Å². The zero-order valence-electron chi connectivity index (χ0n) is 11.8. The molecule has 0 fully saturated rings. The molecule has 2 amide bonds. The Morgan fingerprint density at radius 2 is 1.68 bits per heavy atom. The van der Waals surface area contributed by atoms with Crippen molar-refractivity contribution < 1.29 is 18.7 Å². The van der Waals surface area contributed by atoms with Gasteiger partial charge in [-0.3, -0.25) is 0 Å². The van der Waals surface area contributed by atoms with E-state index in [0.717, 1.165) is 0 Å². The second kappa shape index (κ2) is 7.51. The molecule has 0 radical (unpaired) electrons. The lowest BCUT2D eigenvalue weighted by atomic mass is 10.1. The molecule has 0 aromatic heterocycles. The Bertz CT molecular complexity index is 662. The standard InChI is InChI=1S/C16H16F2N2O2/c17-14-4-2-1-3-12(14)9-20-16(22)19-8-11-5-6-13(10-21)15(18)7-11/h1-7,21H,8-10H2,(H2,19,20,22). The number of nitrogens with one attached hydrogen (secondary N) is 2.